The van der Waals surface area contributed by atoms with Crippen molar-refractivity contribution in [3.05, 3.63) is 0 Å². The molecule has 1 aliphatic carbocycles. The lowest BCUT2D eigenvalue weighted by Crippen LogP contribution is -2.49. The molecule has 0 aromatic heterocycles. The zero-order valence-corrected chi connectivity index (χ0v) is 10.2. The van der Waals surface area contributed by atoms with E-state index in [4.69, 9.17) is 10.00 Å². The molecule has 4 nitrogen and oxygen atoms in total. The Bertz CT molecular complexity index is 290. The highest BCUT2D eigenvalue weighted by molar-refractivity contribution is 5.86. The Morgan fingerprint density at radius 3 is 2.75 bits per heavy atom. The molecule has 1 rings (SSSR count). The van der Waals surface area contributed by atoms with E-state index in [1.165, 1.54) is 0 Å². The predicted octanol–water partition coefficient (Wildman–Crippen LogP) is 1.32. The van der Waals surface area contributed by atoms with Crippen LogP contribution in [0.1, 0.15) is 26.7 Å². The molecule has 0 spiro atoms. The summed E-state index contributed by atoms with van der Waals surface area (Å²) in [4.78, 5) is 11.9. The van der Waals surface area contributed by atoms with Gasteiger partial charge in [0.05, 0.1) is 12.7 Å². The van der Waals surface area contributed by atoms with Gasteiger partial charge in [0.1, 0.15) is 5.41 Å². The van der Waals surface area contributed by atoms with Gasteiger partial charge in [0.25, 0.3) is 0 Å². The van der Waals surface area contributed by atoms with Gasteiger partial charge in [-0.1, -0.05) is 13.8 Å². The van der Waals surface area contributed by atoms with Crippen LogP contribution in [0, 0.1) is 28.6 Å². The highest BCUT2D eigenvalue weighted by Crippen LogP contribution is 2.44. The molecule has 1 saturated carbocycles. The molecule has 0 saturated heterocycles. The van der Waals surface area contributed by atoms with Crippen LogP contribution in [0.5, 0.6) is 0 Å². The van der Waals surface area contributed by atoms with Crippen LogP contribution >= 0.6 is 0 Å². The summed E-state index contributed by atoms with van der Waals surface area (Å²) in [6.07, 6.45) is 1.38. The second kappa shape index (κ2) is 5.31. The summed E-state index contributed by atoms with van der Waals surface area (Å²) >= 11 is 0. The maximum atomic E-state index is 11.9. The van der Waals surface area contributed by atoms with E-state index < -0.39 is 5.41 Å². The molecule has 0 bridgehead atoms. The van der Waals surface area contributed by atoms with Crippen molar-refractivity contribution in [1.29, 1.82) is 5.26 Å². The third kappa shape index (κ3) is 2.73. The number of nitrogens with zero attached hydrogens (tertiary/aromatic N) is 1. The quantitative estimate of drug-likeness (QED) is 0.766. The van der Waals surface area contributed by atoms with Crippen molar-refractivity contribution >= 4 is 5.91 Å². The van der Waals surface area contributed by atoms with Gasteiger partial charge >= 0.3 is 0 Å². The van der Waals surface area contributed by atoms with Crippen LogP contribution in [-0.4, -0.2) is 26.2 Å². The first-order chi connectivity index (χ1) is 7.54. The minimum Gasteiger partial charge on any atom is -0.384 e. The van der Waals surface area contributed by atoms with Crippen LogP contribution in [0.4, 0.5) is 0 Å². The van der Waals surface area contributed by atoms with E-state index in [1.807, 2.05) is 6.92 Å². The number of methoxy groups -OCH3 is 1. The largest absolute Gasteiger partial charge is 0.384 e. The summed E-state index contributed by atoms with van der Waals surface area (Å²) < 4.78 is 4.99. The van der Waals surface area contributed by atoms with Crippen molar-refractivity contribution in [3.8, 4) is 6.07 Å². The van der Waals surface area contributed by atoms with Gasteiger partial charge in [-0.15, -0.1) is 0 Å². The van der Waals surface area contributed by atoms with Crippen LogP contribution in [0.3, 0.4) is 0 Å². The van der Waals surface area contributed by atoms with Crippen molar-refractivity contribution < 1.29 is 9.53 Å². The van der Waals surface area contributed by atoms with Gasteiger partial charge in [0.2, 0.25) is 5.91 Å². The molecule has 0 heterocycles. The molecule has 1 aliphatic rings. The first-order valence-electron chi connectivity index (χ1n) is 5.72. The molecule has 0 aromatic rings. The smallest absolute Gasteiger partial charge is 0.240 e. The molecule has 1 N–H and O–H groups in total. The number of hydrogen-bond donors (Lipinski definition) is 1. The monoisotopic (exact) mass is 224 g/mol. The fraction of sp³-hybridized carbons (Fsp3) is 0.833. The number of carbonyl (C=O) groups excluding carboxylic acids is 1. The number of hydrogen-bond acceptors (Lipinski definition) is 3. The zero-order chi connectivity index (χ0) is 12.2. The lowest BCUT2D eigenvalue weighted by atomic mass is 9.63. The number of amides is 1. The number of ether oxygens (including phenoxy) is 1. The third-order valence-electron chi connectivity index (χ3n) is 3.10. The minimum absolute atomic E-state index is 0.115. The Morgan fingerprint density at radius 2 is 2.31 bits per heavy atom. The van der Waals surface area contributed by atoms with E-state index in [1.54, 1.807) is 7.11 Å². The highest BCUT2D eigenvalue weighted by Gasteiger charge is 2.48. The summed E-state index contributed by atoms with van der Waals surface area (Å²) in [6, 6.07) is 2.16. The molecule has 0 aromatic carbocycles. The molecule has 0 radical (unpaired) electrons. The molecule has 1 unspecified atom stereocenters. The third-order valence-corrected chi connectivity index (χ3v) is 3.10. The molecule has 16 heavy (non-hydrogen) atoms. The van der Waals surface area contributed by atoms with Gasteiger partial charge in [-0.3, -0.25) is 4.79 Å². The van der Waals surface area contributed by atoms with E-state index >= 15 is 0 Å². The molecular formula is C12H20N2O2. The number of carbonyl (C=O) groups is 1. The topological polar surface area (TPSA) is 62.1 Å². The fourth-order valence-corrected chi connectivity index (χ4v) is 2.24. The molecule has 1 fully saturated rings. The lowest BCUT2D eigenvalue weighted by molar-refractivity contribution is -0.134. The minimum atomic E-state index is -0.758. The molecule has 1 amide bonds. The summed E-state index contributed by atoms with van der Waals surface area (Å²) in [7, 11) is 1.64. The summed E-state index contributed by atoms with van der Waals surface area (Å²) in [5.41, 5.74) is -0.758. The molecule has 4 heteroatoms. The maximum absolute atomic E-state index is 11.9. The van der Waals surface area contributed by atoms with E-state index in [9.17, 15) is 4.79 Å². The van der Waals surface area contributed by atoms with E-state index in [0.29, 0.717) is 31.9 Å². The van der Waals surface area contributed by atoms with E-state index in [-0.39, 0.29) is 11.8 Å². The second-order valence-electron chi connectivity index (χ2n) is 4.98. The summed E-state index contributed by atoms with van der Waals surface area (Å²) in [6.45, 7) is 5.27. The number of nitriles is 1. The highest BCUT2D eigenvalue weighted by atomic mass is 16.5. The van der Waals surface area contributed by atoms with Crippen molar-refractivity contribution in [3.63, 3.8) is 0 Å². The fourth-order valence-electron chi connectivity index (χ4n) is 2.24. The van der Waals surface area contributed by atoms with Gasteiger partial charge in [0, 0.05) is 13.7 Å². The van der Waals surface area contributed by atoms with Crippen LogP contribution in [0.15, 0.2) is 0 Å². The molecular weight excluding hydrogens is 204 g/mol. The predicted molar refractivity (Wildman–Crippen MR) is 60.5 cm³/mol. The zero-order valence-electron chi connectivity index (χ0n) is 10.2. The van der Waals surface area contributed by atoms with Gasteiger partial charge in [-0.2, -0.15) is 5.26 Å². The van der Waals surface area contributed by atoms with Crippen molar-refractivity contribution in [2.24, 2.45) is 17.3 Å². The first kappa shape index (κ1) is 13.0. The second-order valence-corrected chi connectivity index (χ2v) is 4.98. The average Bonchev–Trinajstić information content (AvgIpc) is 2.21. The van der Waals surface area contributed by atoms with Crippen LogP contribution in [-0.2, 0) is 9.53 Å². The standard InChI is InChI=1S/C12H20N2O2/c1-9-4-12(5-9,8-13)11(15)14-6-10(2)7-16-3/h9-10H,4-7H2,1-3H3,(H,14,15). The van der Waals surface area contributed by atoms with E-state index in [2.05, 4.69) is 18.3 Å². The Morgan fingerprint density at radius 1 is 1.69 bits per heavy atom. The Balaban J connectivity index is 2.38. The number of rotatable bonds is 5. The van der Waals surface area contributed by atoms with Crippen molar-refractivity contribution in [1.82, 2.24) is 5.32 Å². The van der Waals surface area contributed by atoms with Crippen molar-refractivity contribution in [2.75, 3.05) is 20.3 Å². The SMILES string of the molecule is COCC(C)CNC(=O)C1(C#N)CC(C)C1. The molecule has 0 aliphatic heterocycles. The maximum Gasteiger partial charge on any atom is 0.240 e. The van der Waals surface area contributed by atoms with Crippen LogP contribution in [0.25, 0.3) is 0 Å². The van der Waals surface area contributed by atoms with Crippen LogP contribution < -0.4 is 5.32 Å². The number of nitrogens with one attached hydrogen (secondary N) is 1. The normalized spacial score (nSPS) is 30.0. The van der Waals surface area contributed by atoms with Crippen molar-refractivity contribution in [2.45, 2.75) is 26.7 Å². The van der Waals surface area contributed by atoms with Gasteiger partial charge < -0.3 is 10.1 Å². The van der Waals surface area contributed by atoms with E-state index in [0.717, 1.165) is 0 Å². The Hall–Kier alpha value is -1.08. The Labute approximate surface area is 97.0 Å². The summed E-state index contributed by atoms with van der Waals surface area (Å²) in [5, 5.41) is 11.9. The van der Waals surface area contributed by atoms with Gasteiger partial charge in [-0.05, 0) is 24.7 Å². The van der Waals surface area contributed by atoms with Crippen LogP contribution in [0.2, 0.25) is 0 Å². The Kier molecular flexibility index (Phi) is 4.31. The molecule has 90 valence electrons. The average molecular weight is 224 g/mol. The van der Waals surface area contributed by atoms with Gasteiger partial charge in [0.15, 0.2) is 0 Å². The first-order valence-corrected chi connectivity index (χ1v) is 5.72. The van der Waals surface area contributed by atoms with Gasteiger partial charge in [-0.25, -0.2) is 0 Å². The summed E-state index contributed by atoms with van der Waals surface area (Å²) in [5.74, 6) is 0.653. The molecule has 1 atom stereocenters. The lowest BCUT2D eigenvalue weighted by Gasteiger charge is -2.39.